The Hall–Kier alpha value is -1.37. The number of benzene rings is 1. The second-order valence-electron chi connectivity index (χ2n) is 4.96. The van der Waals surface area contributed by atoms with Gasteiger partial charge in [-0.3, -0.25) is 13.3 Å². The van der Waals surface area contributed by atoms with E-state index in [0.717, 1.165) is 24.8 Å². The highest BCUT2D eigenvalue weighted by molar-refractivity contribution is 7.80. The topological polar surface area (TPSA) is 69.7 Å². The van der Waals surface area contributed by atoms with Gasteiger partial charge in [0, 0.05) is 28.4 Å². The van der Waals surface area contributed by atoms with Gasteiger partial charge in [0.05, 0.1) is 12.6 Å². The summed E-state index contributed by atoms with van der Waals surface area (Å²) in [6, 6.07) is 6.46. The van der Waals surface area contributed by atoms with E-state index in [1.54, 1.807) is 24.3 Å². The zero-order valence-electron chi connectivity index (χ0n) is 11.9. The Morgan fingerprint density at radius 1 is 1.41 bits per heavy atom. The maximum atomic E-state index is 11.7. The van der Waals surface area contributed by atoms with Crippen LogP contribution >= 0.6 is 11.6 Å². The second-order valence-corrected chi connectivity index (χ2v) is 6.23. The average molecular weight is 343 g/mol. The van der Waals surface area contributed by atoms with Crippen LogP contribution in [0.4, 0.5) is 5.69 Å². The van der Waals surface area contributed by atoms with E-state index in [-0.39, 0.29) is 12.6 Å². The maximum absolute atomic E-state index is 11.7. The first kappa shape index (κ1) is 17.0. The van der Waals surface area contributed by atoms with Crippen LogP contribution in [0.3, 0.4) is 0 Å². The monoisotopic (exact) mass is 342 g/mol. The van der Waals surface area contributed by atoms with E-state index in [9.17, 15) is 13.6 Å². The van der Waals surface area contributed by atoms with E-state index in [2.05, 4.69) is 0 Å². The lowest BCUT2D eigenvalue weighted by Crippen LogP contribution is -2.39. The van der Waals surface area contributed by atoms with E-state index in [1.807, 2.05) is 6.08 Å². The summed E-state index contributed by atoms with van der Waals surface area (Å²) < 4.78 is 29.6. The van der Waals surface area contributed by atoms with Crippen LogP contribution in [0.1, 0.15) is 25.7 Å². The fourth-order valence-electron chi connectivity index (χ4n) is 2.64. The van der Waals surface area contributed by atoms with Crippen molar-refractivity contribution in [2.75, 3.05) is 10.9 Å². The van der Waals surface area contributed by atoms with Crippen molar-refractivity contribution in [3.63, 3.8) is 0 Å². The minimum atomic E-state index is -2.40. The molecule has 2 rings (SSSR count). The SMILES string of the molecule is O=COCCC1=CCCCC1N(c1ccc(Cl)cc1)S(=O)[O-]. The van der Waals surface area contributed by atoms with Crippen molar-refractivity contribution in [1.29, 1.82) is 0 Å². The summed E-state index contributed by atoms with van der Waals surface area (Å²) in [5.41, 5.74) is 1.55. The molecule has 0 bridgehead atoms. The summed E-state index contributed by atoms with van der Waals surface area (Å²) in [4.78, 5) is 10.3. The smallest absolute Gasteiger partial charge is 0.293 e. The Morgan fingerprint density at radius 2 is 2.14 bits per heavy atom. The molecule has 7 heteroatoms. The number of hydrogen-bond acceptors (Lipinski definition) is 4. The summed E-state index contributed by atoms with van der Waals surface area (Å²) >= 11 is 3.46. The molecule has 0 saturated carbocycles. The first-order valence-corrected chi connectivity index (χ1v) is 8.43. The summed E-state index contributed by atoms with van der Waals surface area (Å²) in [7, 11) is 0. The molecule has 5 nitrogen and oxygen atoms in total. The zero-order chi connectivity index (χ0) is 15.9. The molecule has 1 aromatic carbocycles. The third-order valence-electron chi connectivity index (χ3n) is 3.62. The highest BCUT2D eigenvalue weighted by atomic mass is 35.5. The maximum Gasteiger partial charge on any atom is 0.293 e. The number of carbonyl (C=O) groups excluding carboxylic acids is 1. The number of halogens is 1. The standard InChI is InChI=1S/C15H18ClNO4S/c16-13-5-7-14(8-6-13)17(22(19)20)15-4-2-1-3-12(15)9-10-21-11-18/h3,5-8,11,15H,1-2,4,9-10H2,(H,19,20)/p-1. The lowest BCUT2D eigenvalue weighted by Gasteiger charge is -2.38. The second kappa shape index (κ2) is 8.31. The molecule has 0 aromatic heterocycles. The molecular formula is C15H17ClNO4S-. The Bertz CT molecular complexity index is 561. The van der Waals surface area contributed by atoms with Crippen LogP contribution in [0.15, 0.2) is 35.9 Å². The van der Waals surface area contributed by atoms with Crippen LogP contribution in [-0.2, 0) is 20.8 Å². The molecule has 2 unspecified atom stereocenters. The minimum Gasteiger partial charge on any atom is -0.755 e. The Kier molecular flexibility index (Phi) is 6.42. The van der Waals surface area contributed by atoms with Crippen LogP contribution in [0.2, 0.25) is 5.02 Å². The van der Waals surface area contributed by atoms with Crippen molar-refractivity contribution in [3.8, 4) is 0 Å². The van der Waals surface area contributed by atoms with Gasteiger partial charge in [-0.1, -0.05) is 17.7 Å². The molecule has 2 atom stereocenters. The molecule has 1 aromatic rings. The molecule has 0 fully saturated rings. The van der Waals surface area contributed by atoms with Crippen molar-refractivity contribution < 1.29 is 18.3 Å². The fraction of sp³-hybridized carbons (Fsp3) is 0.400. The van der Waals surface area contributed by atoms with Gasteiger partial charge in [-0.2, -0.15) is 0 Å². The van der Waals surface area contributed by atoms with Gasteiger partial charge < -0.3 is 9.29 Å². The zero-order valence-corrected chi connectivity index (χ0v) is 13.5. The van der Waals surface area contributed by atoms with E-state index in [0.29, 0.717) is 23.6 Å². The van der Waals surface area contributed by atoms with Crippen LogP contribution in [-0.4, -0.2) is 27.9 Å². The Labute approximate surface area is 137 Å². The summed E-state index contributed by atoms with van der Waals surface area (Å²) in [5, 5.41) is 0.555. The fourth-order valence-corrected chi connectivity index (χ4v) is 3.51. The number of anilines is 1. The predicted octanol–water partition coefficient (Wildman–Crippen LogP) is 2.98. The molecule has 1 aliphatic rings. The van der Waals surface area contributed by atoms with Crippen LogP contribution in [0.25, 0.3) is 0 Å². The Morgan fingerprint density at radius 3 is 2.77 bits per heavy atom. The van der Waals surface area contributed by atoms with Gasteiger partial charge in [0.2, 0.25) is 0 Å². The molecule has 0 N–H and O–H groups in total. The number of ether oxygens (including phenoxy) is 1. The average Bonchev–Trinajstić information content (AvgIpc) is 2.51. The van der Waals surface area contributed by atoms with E-state index >= 15 is 0 Å². The van der Waals surface area contributed by atoms with Crippen molar-refractivity contribution in [2.24, 2.45) is 0 Å². The number of hydrogen-bond donors (Lipinski definition) is 0. The molecule has 22 heavy (non-hydrogen) atoms. The normalized spacial score (nSPS) is 19.2. The van der Waals surface area contributed by atoms with Gasteiger partial charge in [0.25, 0.3) is 6.47 Å². The van der Waals surface area contributed by atoms with Crippen molar-refractivity contribution >= 4 is 35.0 Å². The third-order valence-corrected chi connectivity index (χ3v) is 4.66. The van der Waals surface area contributed by atoms with Gasteiger partial charge in [-0.25, -0.2) is 0 Å². The first-order valence-electron chi connectivity index (χ1n) is 7.02. The van der Waals surface area contributed by atoms with Gasteiger partial charge in [0.15, 0.2) is 0 Å². The van der Waals surface area contributed by atoms with Crippen molar-refractivity contribution in [1.82, 2.24) is 0 Å². The Balaban J connectivity index is 2.23. The van der Waals surface area contributed by atoms with Gasteiger partial charge >= 0.3 is 0 Å². The number of carbonyl (C=O) groups is 1. The van der Waals surface area contributed by atoms with E-state index in [1.165, 1.54) is 4.31 Å². The first-order chi connectivity index (χ1) is 10.6. The number of allylic oxidation sites excluding steroid dienone is 1. The van der Waals surface area contributed by atoms with Crippen LogP contribution in [0, 0.1) is 0 Å². The van der Waals surface area contributed by atoms with Crippen molar-refractivity contribution in [2.45, 2.75) is 31.7 Å². The van der Waals surface area contributed by atoms with Gasteiger partial charge in [-0.15, -0.1) is 0 Å². The number of nitrogens with zero attached hydrogens (tertiary/aromatic N) is 1. The lowest BCUT2D eigenvalue weighted by molar-refractivity contribution is -0.128. The summed E-state index contributed by atoms with van der Waals surface area (Å²) in [6.07, 6.45) is 5.14. The largest absolute Gasteiger partial charge is 0.755 e. The van der Waals surface area contributed by atoms with Gasteiger partial charge in [-0.05, 0) is 49.1 Å². The molecule has 1 aliphatic carbocycles. The highest BCUT2D eigenvalue weighted by Gasteiger charge is 2.25. The van der Waals surface area contributed by atoms with Crippen LogP contribution < -0.4 is 4.31 Å². The molecule has 0 amide bonds. The minimum absolute atomic E-state index is 0.247. The van der Waals surface area contributed by atoms with E-state index in [4.69, 9.17) is 16.3 Å². The molecule has 120 valence electrons. The molecule has 0 aliphatic heterocycles. The number of rotatable bonds is 7. The van der Waals surface area contributed by atoms with E-state index < -0.39 is 11.3 Å². The van der Waals surface area contributed by atoms with Crippen molar-refractivity contribution in [3.05, 3.63) is 40.9 Å². The predicted molar refractivity (Wildman–Crippen MR) is 85.2 cm³/mol. The quantitative estimate of drug-likeness (QED) is 0.330. The lowest BCUT2D eigenvalue weighted by atomic mass is 9.92. The summed E-state index contributed by atoms with van der Waals surface area (Å²) in [5.74, 6) is 0. The highest BCUT2D eigenvalue weighted by Crippen LogP contribution is 2.31. The van der Waals surface area contributed by atoms with Gasteiger partial charge in [0.1, 0.15) is 0 Å². The summed E-state index contributed by atoms with van der Waals surface area (Å²) in [6.45, 7) is 0.660. The third kappa shape index (κ3) is 4.32. The molecule has 0 saturated heterocycles. The van der Waals surface area contributed by atoms with Crippen LogP contribution in [0.5, 0.6) is 0 Å². The molecule has 0 radical (unpaired) electrons. The molecule has 0 spiro atoms. The molecular weight excluding hydrogens is 326 g/mol. The molecule has 0 heterocycles.